The Kier molecular flexibility index (Phi) is 2.18. The predicted octanol–water partition coefficient (Wildman–Crippen LogP) is 3.08. The Hall–Kier alpha value is -0.0400. The Morgan fingerprint density at radius 3 is 2.38 bits per heavy atom. The molecule has 1 unspecified atom stereocenters. The summed E-state index contributed by atoms with van der Waals surface area (Å²) in [7, 11) is 0. The van der Waals surface area contributed by atoms with Gasteiger partial charge in [0.1, 0.15) is 0 Å². The molecule has 2 rings (SSSR count). The zero-order valence-corrected chi connectivity index (χ0v) is 9.10. The van der Waals surface area contributed by atoms with E-state index in [2.05, 4.69) is 13.8 Å². The highest BCUT2D eigenvalue weighted by atomic mass is 14.8. The average Bonchev–Trinajstić information content (AvgIpc) is 2.66. The molecule has 0 bridgehead atoms. The van der Waals surface area contributed by atoms with Gasteiger partial charge in [0.15, 0.2) is 0 Å². The molecule has 1 atom stereocenters. The minimum atomic E-state index is 0.276. The van der Waals surface area contributed by atoms with Crippen LogP contribution < -0.4 is 5.73 Å². The zero-order chi connectivity index (χ0) is 9.53. The molecule has 2 aliphatic rings. The van der Waals surface area contributed by atoms with Crippen molar-refractivity contribution in [2.75, 3.05) is 0 Å². The first kappa shape index (κ1) is 9.51. The lowest BCUT2D eigenvalue weighted by atomic mass is 9.78. The number of hydrogen-bond acceptors (Lipinski definition) is 1. The van der Waals surface area contributed by atoms with Crippen molar-refractivity contribution in [3.63, 3.8) is 0 Å². The smallest absolute Gasteiger partial charge is 0.0155 e. The Bertz CT molecular complexity index is 191. The monoisotopic (exact) mass is 181 g/mol. The summed E-state index contributed by atoms with van der Waals surface area (Å²) in [6, 6.07) is 0. The molecule has 2 N–H and O–H groups in total. The molecule has 0 aliphatic heterocycles. The lowest BCUT2D eigenvalue weighted by Gasteiger charge is -2.27. The maximum absolute atomic E-state index is 6.11. The molecule has 2 aliphatic carbocycles. The minimum absolute atomic E-state index is 0.276. The van der Waals surface area contributed by atoms with Crippen molar-refractivity contribution in [1.29, 1.82) is 0 Å². The summed E-state index contributed by atoms with van der Waals surface area (Å²) in [5, 5.41) is 0. The third-order valence-electron chi connectivity index (χ3n) is 4.36. The van der Waals surface area contributed by atoms with Gasteiger partial charge in [-0.25, -0.2) is 0 Å². The maximum atomic E-state index is 6.11. The van der Waals surface area contributed by atoms with E-state index < -0.39 is 0 Å². The van der Waals surface area contributed by atoms with Crippen LogP contribution in [0.5, 0.6) is 0 Å². The topological polar surface area (TPSA) is 26.0 Å². The van der Waals surface area contributed by atoms with Gasteiger partial charge in [0.05, 0.1) is 0 Å². The fraction of sp³-hybridized carbons (Fsp3) is 1.00. The molecule has 0 aromatic rings. The summed E-state index contributed by atoms with van der Waals surface area (Å²) in [5.41, 5.74) is 6.99. The van der Waals surface area contributed by atoms with Gasteiger partial charge in [-0.3, -0.25) is 0 Å². The molecule has 0 spiro atoms. The van der Waals surface area contributed by atoms with Crippen molar-refractivity contribution >= 4 is 0 Å². The van der Waals surface area contributed by atoms with E-state index in [1.807, 2.05) is 0 Å². The van der Waals surface area contributed by atoms with Crippen LogP contribution in [0.15, 0.2) is 0 Å². The molecule has 2 saturated carbocycles. The fourth-order valence-corrected chi connectivity index (χ4v) is 2.81. The normalized spacial score (nSPS) is 34.8. The first-order chi connectivity index (χ1) is 6.02. The molecule has 13 heavy (non-hydrogen) atoms. The van der Waals surface area contributed by atoms with Gasteiger partial charge in [-0.1, -0.05) is 20.3 Å². The van der Waals surface area contributed by atoms with Crippen LogP contribution in [0.2, 0.25) is 0 Å². The van der Waals surface area contributed by atoms with Crippen molar-refractivity contribution in [2.45, 2.75) is 64.3 Å². The maximum Gasteiger partial charge on any atom is 0.0155 e. The quantitative estimate of drug-likeness (QED) is 0.711. The van der Waals surface area contributed by atoms with Gasteiger partial charge in [-0.2, -0.15) is 0 Å². The molecule has 2 fully saturated rings. The van der Waals surface area contributed by atoms with Crippen LogP contribution in [-0.4, -0.2) is 5.54 Å². The van der Waals surface area contributed by atoms with Gasteiger partial charge in [-0.15, -0.1) is 0 Å². The van der Waals surface area contributed by atoms with E-state index in [1.54, 1.807) is 0 Å². The highest BCUT2D eigenvalue weighted by molar-refractivity contribution is 4.99. The van der Waals surface area contributed by atoms with Gasteiger partial charge in [-0.05, 0) is 49.9 Å². The summed E-state index contributed by atoms with van der Waals surface area (Å²) < 4.78 is 0. The Morgan fingerprint density at radius 2 is 1.92 bits per heavy atom. The second-order valence-electron chi connectivity index (χ2n) is 5.98. The van der Waals surface area contributed by atoms with Gasteiger partial charge >= 0.3 is 0 Å². The van der Waals surface area contributed by atoms with Crippen LogP contribution in [0, 0.1) is 11.3 Å². The Labute approximate surface area is 82.1 Å². The molecule has 0 amide bonds. The van der Waals surface area contributed by atoms with E-state index in [4.69, 9.17) is 5.73 Å². The summed E-state index contributed by atoms with van der Waals surface area (Å²) in [6.07, 6.45) is 9.53. The SMILES string of the molecule is CC1(C)CCCC1CCC1(N)CC1. The predicted molar refractivity (Wildman–Crippen MR) is 56.5 cm³/mol. The van der Waals surface area contributed by atoms with E-state index in [9.17, 15) is 0 Å². The van der Waals surface area contributed by atoms with E-state index in [0.29, 0.717) is 5.41 Å². The molecule has 0 heterocycles. The number of hydrogen-bond donors (Lipinski definition) is 1. The first-order valence-electron chi connectivity index (χ1n) is 5.81. The highest BCUT2D eigenvalue weighted by Gasteiger charge is 2.41. The van der Waals surface area contributed by atoms with Crippen LogP contribution >= 0.6 is 0 Å². The largest absolute Gasteiger partial charge is 0.325 e. The Morgan fingerprint density at radius 1 is 1.23 bits per heavy atom. The van der Waals surface area contributed by atoms with E-state index >= 15 is 0 Å². The number of nitrogens with two attached hydrogens (primary N) is 1. The third kappa shape index (κ3) is 2.07. The summed E-state index contributed by atoms with van der Waals surface area (Å²) in [6.45, 7) is 4.86. The molecular formula is C12H23N. The molecule has 0 aromatic heterocycles. The van der Waals surface area contributed by atoms with Gasteiger partial charge in [0.2, 0.25) is 0 Å². The third-order valence-corrected chi connectivity index (χ3v) is 4.36. The second kappa shape index (κ2) is 2.98. The molecular weight excluding hydrogens is 158 g/mol. The lowest BCUT2D eigenvalue weighted by molar-refractivity contribution is 0.235. The molecule has 0 saturated heterocycles. The summed E-state index contributed by atoms with van der Waals surface area (Å²) >= 11 is 0. The van der Waals surface area contributed by atoms with Crippen LogP contribution in [-0.2, 0) is 0 Å². The minimum Gasteiger partial charge on any atom is -0.325 e. The summed E-state index contributed by atoms with van der Waals surface area (Å²) in [5.74, 6) is 0.952. The van der Waals surface area contributed by atoms with Crippen molar-refractivity contribution < 1.29 is 0 Å². The van der Waals surface area contributed by atoms with Crippen molar-refractivity contribution in [2.24, 2.45) is 17.1 Å². The molecule has 0 aromatic carbocycles. The molecule has 76 valence electrons. The van der Waals surface area contributed by atoms with Crippen LogP contribution in [0.1, 0.15) is 58.8 Å². The van der Waals surface area contributed by atoms with Crippen molar-refractivity contribution in [3.05, 3.63) is 0 Å². The molecule has 0 radical (unpaired) electrons. The van der Waals surface area contributed by atoms with Crippen molar-refractivity contribution in [3.8, 4) is 0 Å². The van der Waals surface area contributed by atoms with Crippen LogP contribution in [0.3, 0.4) is 0 Å². The number of rotatable bonds is 3. The average molecular weight is 181 g/mol. The van der Waals surface area contributed by atoms with Gasteiger partial charge < -0.3 is 5.73 Å². The Balaban J connectivity index is 1.81. The highest BCUT2D eigenvalue weighted by Crippen LogP contribution is 2.47. The zero-order valence-electron chi connectivity index (χ0n) is 9.10. The molecule has 1 heteroatoms. The van der Waals surface area contributed by atoms with Gasteiger partial charge in [0, 0.05) is 5.54 Å². The van der Waals surface area contributed by atoms with Gasteiger partial charge in [0.25, 0.3) is 0 Å². The lowest BCUT2D eigenvalue weighted by Crippen LogP contribution is -2.25. The van der Waals surface area contributed by atoms with Crippen molar-refractivity contribution in [1.82, 2.24) is 0 Å². The standard InChI is InChI=1S/C12H23N/c1-11(2)6-3-4-10(11)5-7-12(13)8-9-12/h10H,3-9,13H2,1-2H3. The van der Waals surface area contributed by atoms with E-state index in [0.717, 1.165) is 5.92 Å². The fourth-order valence-electron chi connectivity index (χ4n) is 2.81. The van der Waals surface area contributed by atoms with Crippen LogP contribution in [0.25, 0.3) is 0 Å². The van der Waals surface area contributed by atoms with E-state index in [-0.39, 0.29) is 5.54 Å². The first-order valence-corrected chi connectivity index (χ1v) is 5.81. The van der Waals surface area contributed by atoms with E-state index in [1.165, 1.54) is 44.9 Å². The second-order valence-corrected chi connectivity index (χ2v) is 5.98. The molecule has 1 nitrogen and oxygen atoms in total. The summed E-state index contributed by atoms with van der Waals surface area (Å²) in [4.78, 5) is 0. The van der Waals surface area contributed by atoms with Crippen LogP contribution in [0.4, 0.5) is 0 Å².